The number of piperazine rings is 1. The number of fused-ring (bicyclic) bond motifs is 1. The van der Waals surface area contributed by atoms with Crippen LogP contribution in [0.25, 0.3) is 0 Å². The predicted molar refractivity (Wildman–Crippen MR) is 139 cm³/mol. The first-order chi connectivity index (χ1) is 19.2. The van der Waals surface area contributed by atoms with Crippen LogP contribution in [-0.2, 0) is 22.1 Å². The maximum Gasteiger partial charge on any atom is 0.417 e. The number of carbonyl (C=O) groups is 1. The summed E-state index contributed by atoms with van der Waals surface area (Å²) in [7, 11) is 0. The van der Waals surface area contributed by atoms with E-state index in [0.29, 0.717) is 50.9 Å². The summed E-state index contributed by atoms with van der Waals surface area (Å²) in [6, 6.07) is 9.86. The number of hydrogen-bond donors (Lipinski definition) is 1. The van der Waals surface area contributed by atoms with Crippen molar-refractivity contribution < 1.29 is 31.8 Å². The number of anilines is 1. The maximum absolute atomic E-state index is 13.5. The molecule has 214 valence electrons. The van der Waals surface area contributed by atoms with Crippen LogP contribution in [-0.4, -0.2) is 73.3 Å². The summed E-state index contributed by atoms with van der Waals surface area (Å²) in [6.07, 6.45) is -1.18. The number of nitrogens with zero attached hydrogens (tertiary/aromatic N) is 3. The molecule has 0 radical (unpaired) electrons. The summed E-state index contributed by atoms with van der Waals surface area (Å²) >= 11 is 0. The van der Waals surface area contributed by atoms with Crippen molar-refractivity contribution in [2.75, 3.05) is 44.6 Å². The van der Waals surface area contributed by atoms with Crippen LogP contribution < -0.4 is 10.1 Å². The molecule has 7 nitrogen and oxygen atoms in total. The van der Waals surface area contributed by atoms with Gasteiger partial charge in [-0.3, -0.25) is 9.69 Å². The average Bonchev–Trinajstić information content (AvgIpc) is 3.33. The number of carbonyl (C=O) groups excluding carboxylic acids is 1. The zero-order valence-electron chi connectivity index (χ0n) is 22.1. The maximum atomic E-state index is 13.5. The van der Waals surface area contributed by atoms with Crippen LogP contribution in [0.3, 0.4) is 0 Å². The summed E-state index contributed by atoms with van der Waals surface area (Å²) in [4.78, 5) is 16.8. The van der Waals surface area contributed by atoms with Gasteiger partial charge < -0.3 is 19.7 Å². The minimum absolute atomic E-state index is 0.00619. The Morgan fingerprint density at radius 3 is 2.52 bits per heavy atom. The van der Waals surface area contributed by atoms with Crippen LogP contribution in [0.4, 0.5) is 23.2 Å². The van der Waals surface area contributed by atoms with Crippen LogP contribution in [0, 0.1) is 17.1 Å². The van der Waals surface area contributed by atoms with Crippen LogP contribution in [0.15, 0.2) is 36.4 Å². The van der Waals surface area contributed by atoms with E-state index in [1.54, 1.807) is 12.1 Å². The van der Waals surface area contributed by atoms with Crippen LogP contribution >= 0.6 is 0 Å². The molecule has 40 heavy (non-hydrogen) atoms. The lowest BCUT2D eigenvalue weighted by Gasteiger charge is -2.36. The van der Waals surface area contributed by atoms with Gasteiger partial charge in [-0.2, -0.15) is 18.4 Å². The van der Waals surface area contributed by atoms with E-state index in [4.69, 9.17) is 14.7 Å². The molecule has 2 aromatic carbocycles. The average molecular weight is 561 g/mol. The summed E-state index contributed by atoms with van der Waals surface area (Å²) < 4.78 is 65.0. The molecule has 1 amide bonds. The Bertz CT molecular complexity index is 1250. The standard InChI is InChI=1S/C29H32F4N4O3/c30-21-2-8-27-20(13-21)14-25(40-27)17-36-9-11-37(12-10-36)28(38)18-39-24-6-4-22(5-7-24)35-23-3-1-19(16-34)26(15-23)29(31,32)33/h1-3,8,13,15,22,24-25,35H,4-7,9-12,14,17-18H2/t22-,24-,25-/m1/s1. The first-order valence-corrected chi connectivity index (χ1v) is 13.6. The molecule has 5 rings (SSSR count). The first kappa shape index (κ1) is 28.2. The monoisotopic (exact) mass is 560 g/mol. The minimum Gasteiger partial charge on any atom is -0.488 e. The number of nitrogens with one attached hydrogen (secondary N) is 1. The van der Waals surface area contributed by atoms with Crippen molar-refractivity contribution in [1.82, 2.24) is 9.80 Å². The second kappa shape index (κ2) is 12.0. The van der Waals surface area contributed by atoms with E-state index in [-0.39, 0.29) is 36.6 Å². The van der Waals surface area contributed by atoms with E-state index in [1.165, 1.54) is 24.3 Å². The fourth-order valence-corrected chi connectivity index (χ4v) is 5.71. The third-order valence-electron chi connectivity index (χ3n) is 7.88. The van der Waals surface area contributed by atoms with Gasteiger partial charge in [0.15, 0.2) is 0 Å². The normalized spacial score (nSPS) is 23.3. The van der Waals surface area contributed by atoms with Gasteiger partial charge in [0, 0.05) is 56.4 Å². The van der Waals surface area contributed by atoms with Crippen molar-refractivity contribution >= 4 is 11.6 Å². The van der Waals surface area contributed by atoms with Crippen molar-refractivity contribution in [2.45, 2.75) is 56.5 Å². The highest BCUT2D eigenvalue weighted by atomic mass is 19.4. The SMILES string of the molecule is N#Cc1ccc(N[C@H]2CC[C@H](OCC(=O)N3CCN(C[C@H]4Cc5cc(F)ccc5O4)CC3)CC2)cc1C(F)(F)F. The molecular weight excluding hydrogens is 528 g/mol. The third-order valence-corrected chi connectivity index (χ3v) is 7.88. The molecule has 2 fully saturated rings. The number of amides is 1. The molecule has 0 bridgehead atoms. The fourth-order valence-electron chi connectivity index (χ4n) is 5.71. The highest BCUT2D eigenvalue weighted by molar-refractivity contribution is 5.77. The van der Waals surface area contributed by atoms with Gasteiger partial charge in [-0.1, -0.05) is 0 Å². The second-order valence-corrected chi connectivity index (χ2v) is 10.7. The minimum atomic E-state index is -4.59. The van der Waals surface area contributed by atoms with Crippen LogP contribution in [0.5, 0.6) is 5.75 Å². The Hall–Kier alpha value is -3.36. The Kier molecular flexibility index (Phi) is 8.47. The first-order valence-electron chi connectivity index (χ1n) is 13.6. The molecule has 1 atom stereocenters. The Morgan fingerprint density at radius 1 is 1.07 bits per heavy atom. The largest absolute Gasteiger partial charge is 0.488 e. The molecular formula is C29H32F4N4O3. The molecule has 0 unspecified atom stereocenters. The highest BCUT2D eigenvalue weighted by Crippen LogP contribution is 2.34. The molecule has 2 aliphatic heterocycles. The number of halogens is 4. The third kappa shape index (κ3) is 6.85. The van der Waals surface area contributed by atoms with E-state index in [0.717, 1.165) is 37.0 Å². The molecule has 0 aromatic heterocycles. The molecule has 1 N–H and O–H groups in total. The molecule has 1 saturated carbocycles. The van der Waals surface area contributed by atoms with E-state index in [2.05, 4.69) is 10.2 Å². The van der Waals surface area contributed by atoms with Gasteiger partial charge in [-0.25, -0.2) is 4.39 Å². The smallest absolute Gasteiger partial charge is 0.417 e. The Morgan fingerprint density at radius 2 is 1.82 bits per heavy atom. The molecule has 3 aliphatic rings. The van der Waals surface area contributed by atoms with Gasteiger partial charge in [-0.15, -0.1) is 0 Å². The highest BCUT2D eigenvalue weighted by Gasteiger charge is 2.34. The Balaban J connectivity index is 0.998. The van der Waals surface area contributed by atoms with Crippen LogP contribution in [0.1, 0.15) is 42.4 Å². The van der Waals surface area contributed by atoms with Crippen molar-refractivity contribution in [1.29, 1.82) is 5.26 Å². The van der Waals surface area contributed by atoms with E-state index < -0.39 is 17.3 Å². The topological polar surface area (TPSA) is 77.8 Å². The zero-order chi connectivity index (χ0) is 28.3. The van der Waals surface area contributed by atoms with E-state index in [1.807, 2.05) is 4.90 Å². The van der Waals surface area contributed by atoms with Crippen molar-refractivity contribution in [3.05, 3.63) is 58.9 Å². The lowest BCUT2D eigenvalue weighted by atomic mass is 9.92. The van der Waals surface area contributed by atoms with E-state index >= 15 is 0 Å². The summed E-state index contributed by atoms with van der Waals surface area (Å²) in [5.41, 5.74) is -0.105. The van der Waals surface area contributed by atoms with Gasteiger partial charge in [0.25, 0.3) is 0 Å². The predicted octanol–water partition coefficient (Wildman–Crippen LogP) is 4.60. The molecule has 0 spiro atoms. The van der Waals surface area contributed by atoms with Gasteiger partial charge in [0.1, 0.15) is 24.3 Å². The number of alkyl halides is 3. The second-order valence-electron chi connectivity index (χ2n) is 10.7. The molecule has 1 saturated heterocycles. The van der Waals surface area contributed by atoms with Crippen molar-refractivity contribution in [2.24, 2.45) is 0 Å². The van der Waals surface area contributed by atoms with Crippen LogP contribution in [0.2, 0.25) is 0 Å². The summed E-state index contributed by atoms with van der Waals surface area (Å²) in [5, 5.41) is 12.1. The number of rotatable bonds is 7. The summed E-state index contributed by atoms with van der Waals surface area (Å²) in [6.45, 7) is 3.43. The quantitative estimate of drug-likeness (QED) is 0.499. The fraction of sp³-hybridized carbons (Fsp3) is 0.517. The van der Waals surface area contributed by atoms with Gasteiger partial charge in [0.05, 0.1) is 23.3 Å². The molecule has 2 heterocycles. The Labute approximate surface area is 230 Å². The van der Waals surface area contributed by atoms with Crippen molar-refractivity contribution in [3.63, 3.8) is 0 Å². The zero-order valence-corrected chi connectivity index (χ0v) is 22.1. The molecule has 1 aliphatic carbocycles. The number of benzene rings is 2. The number of nitriles is 1. The molecule has 2 aromatic rings. The number of ether oxygens (including phenoxy) is 2. The van der Waals surface area contributed by atoms with Crippen molar-refractivity contribution in [3.8, 4) is 11.8 Å². The lowest BCUT2D eigenvalue weighted by molar-refractivity contribution is -0.140. The van der Waals surface area contributed by atoms with Gasteiger partial charge >= 0.3 is 6.18 Å². The lowest BCUT2D eigenvalue weighted by Crippen LogP contribution is -2.51. The molecule has 11 heteroatoms. The summed E-state index contributed by atoms with van der Waals surface area (Å²) in [5.74, 6) is 0.442. The van der Waals surface area contributed by atoms with E-state index in [9.17, 15) is 22.4 Å². The van der Waals surface area contributed by atoms with Gasteiger partial charge in [0.2, 0.25) is 5.91 Å². The number of hydrogen-bond acceptors (Lipinski definition) is 6. The van der Waals surface area contributed by atoms with Gasteiger partial charge in [-0.05, 0) is 62.1 Å².